The molecule has 17 heteroatoms. The number of carbonyl (C=O) groups excluding carboxylic acids is 5. The molecule has 0 radical (unpaired) electrons. The molecular weight excluding hydrogens is 592 g/mol. The molecule has 0 spiro atoms. The Morgan fingerprint density at radius 1 is 1.26 bits per heavy atom. The highest BCUT2D eigenvalue weighted by Gasteiger charge is 2.54. The van der Waals surface area contributed by atoms with E-state index >= 15 is 0 Å². The second-order valence-corrected chi connectivity index (χ2v) is 12.3. The molecule has 0 aromatic carbocycles. The number of allylic oxidation sites excluding steroid dienone is 1. The molecule has 228 valence electrons. The van der Waals surface area contributed by atoms with E-state index in [1.165, 1.54) is 29.3 Å². The summed E-state index contributed by atoms with van der Waals surface area (Å²) < 4.78 is 15.3. The van der Waals surface area contributed by atoms with Gasteiger partial charge in [-0.25, -0.2) is 14.6 Å². The Kier molecular flexibility index (Phi) is 10.6. The smallest absolute Gasteiger partial charge is 0.407 e. The Bertz CT molecular complexity index is 1330. The number of thiazole rings is 1. The van der Waals surface area contributed by atoms with Gasteiger partial charge in [0.25, 0.3) is 11.8 Å². The molecule has 15 nitrogen and oxygen atoms in total. The van der Waals surface area contributed by atoms with Crippen molar-refractivity contribution in [3.05, 3.63) is 34.5 Å². The Morgan fingerprint density at radius 2 is 1.98 bits per heavy atom. The summed E-state index contributed by atoms with van der Waals surface area (Å²) in [5, 5.41) is 18.3. The van der Waals surface area contributed by atoms with Crippen LogP contribution in [-0.4, -0.2) is 87.3 Å². The minimum atomic E-state index is -1.06. The summed E-state index contributed by atoms with van der Waals surface area (Å²) >= 11 is 2.29. The summed E-state index contributed by atoms with van der Waals surface area (Å²) in [5.74, 6) is -2.82. The van der Waals surface area contributed by atoms with Crippen LogP contribution in [0.4, 0.5) is 9.93 Å². The minimum absolute atomic E-state index is 0.0307. The van der Waals surface area contributed by atoms with Gasteiger partial charge in [-0.15, -0.1) is 23.1 Å². The second kappa shape index (κ2) is 13.7. The summed E-state index contributed by atoms with van der Waals surface area (Å²) in [7, 11) is 0. The lowest BCUT2D eigenvalue weighted by molar-refractivity contribution is -0.173. The predicted octanol–water partition coefficient (Wildman–Crippen LogP) is 1.34. The van der Waals surface area contributed by atoms with Crippen LogP contribution < -0.4 is 16.4 Å². The van der Waals surface area contributed by atoms with Gasteiger partial charge in [0.05, 0.1) is 5.41 Å². The average molecular weight is 625 g/mol. The topological polar surface area (TPSA) is 212 Å². The molecule has 1 fully saturated rings. The van der Waals surface area contributed by atoms with Crippen LogP contribution in [0.2, 0.25) is 0 Å². The largest absolute Gasteiger partial charge is 0.445 e. The van der Waals surface area contributed by atoms with Crippen molar-refractivity contribution in [1.82, 2.24) is 20.5 Å². The highest BCUT2D eigenvalue weighted by molar-refractivity contribution is 8.00. The number of carbonyl (C=O) groups is 5. The zero-order chi connectivity index (χ0) is 31.2. The first kappa shape index (κ1) is 32.4. The molecule has 3 rings (SSSR count). The van der Waals surface area contributed by atoms with E-state index in [1.807, 2.05) is 0 Å². The van der Waals surface area contributed by atoms with Gasteiger partial charge in [-0.05, 0) is 46.3 Å². The maximum atomic E-state index is 13.2. The van der Waals surface area contributed by atoms with Crippen molar-refractivity contribution in [2.75, 3.05) is 24.9 Å². The zero-order valence-corrected chi connectivity index (χ0v) is 25.2. The number of rotatable bonds is 10. The number of nitrogens with zero attached hydrogens (tertiary/aromatic N) is 3. The third kappa shape index (κ3) is 7.79. The van der Waals surface area contributed by atoms with Crippen molar-refractivity contribution in [3.8, 4) is 0 Å². The first-order valence-electron chi connectivity index (χ1n) is 12.6. The number of β-lactam (4-membered cyclic amide) rings is 1. The fraction of sp³-hybridized carbons (Fsp3) is 0.480. The van der Waals surface area contributed by atoms with Crippen molar-refractivity contribution in [3.63, 3.8) is 0 Å². The number of amides is 3. The number of ether oxygens (including phenoxy) is 3. The second-order valence-electron chi connectivity index (χ2n) is 10.3. The summed E-state index contributed by atoms with van der Waals surface area (Å²) in [6.45, 7) is 7.68. The van der Waals surface area contributed by atoms with Crippen molar-refractivity contribution in [2.24, 2.45) is 10.6 Å². The first-order valence-corrected chi connectivity index (χ1v) is 14.5. The van der Waals surface area contributed by atoms with Gasteiger partial charge < -0.3 is 35.8 Å². The van der Waals surface area contributed by atoms with E-state index < -0.39 is 59.2 Å². The fourth-order valence-electron chi connectivity index (χ4n) is 3.59. The van der Waals surface area contributed by atoms with Crippen LogP contribution in [0.1, 0.15) is 40.3 Å². The van der Waals surface area contributed by atoms with E-state index in [1.54, 1.807) is 34.6 Å². The number of nitrogens with two attached hydrogens (primary N) is 1. The number of alkyl carbamates (subject to hydrolysis) is 1. The lowest BCUT2D eigenvalue weighted by Gasteiger charge is -2.49. The van der Waals surface area contributed by atoms with E-state index in [9.17, 15) is 29.2 Å². The highest BCUT2D eigenvalue weighted by atomic mass is 32.2. The molecule has 0 saturated carbocycles. The summed E-state index contributed by atoms with van der Waals surface area (Å²) in [4.78, 5) is 68.0. The molecule has 2 atom stereocenters. The number of hydrogen-bond acceptors (Lipinski definition) is 14. The molecular formula is C25H32N6O9S2. The molecule has 2 aliphatic rings. The predicted molar refractivity (Wildman–Crippen MR) is 152 cm³/mol. The van der Waals surface area contributed by atoms with Gasteiger partial charge in [-0.1, -0.05) is 11.2 Å². The van der Waals surface area contributed by atoms with Crippen molar-refractivity contribution in [1.29, 1.82) is 0 Å². The van der Waals surface area contributed by atoms with Gasteiger partial charge in [0.2, 0.25) is 6.79 Å². The number of esters is 2. The van der Waals surface area contributed by atoms with E-state index in [0.717, 1.165) is 16.2 Å². The molecule has 3 amide bonds. The summed E-state index contributed by atoms with van der Waals surface area (Å²) in [6, 6.07) is -1.18. The van der Waals surface area contributed by atoms with Gasteiger partial charge >= 0.3 is 18.0 Å². The monoisotopic (exact) mass is 624 g/mol. The number of fused-ring (bicyclic) bond motifs is 1. The number of oxime groups is 1. The minimum Gasteiger partial charge on any atom is -0.445 e. The van der Waals surface area contributed by atoms with E-state index in [0.29, 0.717) is 5.57 Å². The average Bonchev–Trinajstić information content (AvgIpc) is 3.34. The molecule has 1 aromatic rings. The normalized spacial score (nSPS) is 18.9. The van der Waals surface area contributed by atoms with Crippen LogP contribution in [0.5, 0.6) is 0 Å². The molecule has 0 aliphatic carbocycles. The molecule has 5 N–H and O–H groups in total. The van der Waals surface area contributed by atoms with Crippen LogP contribution in [0.3, 0.4) is 0 Å². The van der Waals surface area contributed by atoms with E-state index in [2.05, 4.69) is 20.8 Å². The third-order valence-corrected chi connectivity index (χ3v) is 7.56. The Labute approximate surface area is 249 Å². The molecule has 2 aliphatic heterocycles. The standard InChI is InChI=1S/C25H32N6O9S2/c1-12(2)27-24(36)38-8-6-7-13-9-41-20-16(29-18(32)15(30-37)14-10-42-23(26)28-14)19(33)31(20)17(13)21(34)39-11-40-22(35)25(3,4)5/h6-7,10,12,16,20,37H,8-9,11H2,1-5H3,(H2,26,28)(H,27,36)(H,29,32)/b7-6+,30-15+. The number of aromatic nitrogens is 1. The van der Waals surface area contributed by atoms with Crippen LogP contribution in [0.25, 0.3) is 0 Å². The van der Waals surface area contributed by atoms with Crippen LogP contribution >= 0.6 is 23.1 Å². The third-order valence-electron chi connectivity index (χ3n) is 5.59. The SMILES string of the molecule is CC(C)NC(=O)OC/C=C/C1=C(C(=O)OCOC(=O)C(C)(C)C)N2C(=O)C(NC(=O)/C(=N/O)c3csc(N)n3)C2SC1. The molecule has 2 unspecified atom stereocenters. The quantitative estimate of drug-likeness (QED) is 0.0725. The summed E-state index contributed by atoms with van der Waals surface area (Å²) in [6.07, 6.45) is 2.40. The molecule has 1 saturated heterocycles. The molecule has 1 aromatic heterocycles. The first-order chi connectivity index (χ1) is 19.7. The van der Waals surface area contributed by atoms with Crippen LogP contribution in [0, 0.1) is 5.41 Å². The Balaban J connectivity index is 1.77. The number of anilines is 1. The Morgan fingerprint density at radius 3 is 2.57 bits per heavy atom. The highest BCUT2D eigenvalue weighted by Crippen LogP contribution is 2.41. The fourth-order valence-corrected chi connectivity index (χ4v) is 5.46. The molecule has 3 heterocycles. The molecule has 0 bridgehead atoms. The zero-order valence-electron chi connectivity index (χ0n) is 23.5. The van der Waals surface area contributed by atoms with E-state index in [-0.39, 0.29) is 34.9 Å². The van der Waals surface area contributed by atoms with Gasteiger partial charge in [0.15, 0.2) is 10.8 Å². The van der Waals surface area contributed by atoms with Crippen LogP contribution in [0.15, 0.2) is 34.0 Å². The lowest BCUT2D eigenvalue weighted by Crippen LogP contribution is -2.71. The van der Waals surface area contributed by atoms with Gasteiger partial charge in [-0.2, -0.15) is 0 Å². The number of hydrogen-bond donors (Lipinski definition) is 4. The number of thioether (sulfide) groups is 1. The molecule has 42 heavy (non-hydrogen) atoms. The van der Waals surface area contributed by atoms with Gasteiger partial charge in [-0.3, -0.25) is 19.3 Å². The van der Waals surface area contributed by atoms with Crippen molar-refractivity contribution < 1.29 is 43.4 Å². The van der Waals surface area contributed by atoms with E-state index in [4.69, 9.17) is 19.9 Å². The maximum Gasteiger partial charge on any atom is 0.407 e. The summed E-state index contributed by atoms with van der Waals surface area (Å²) in [5.41, 5.74) is 4.62. The number of nitrogens with one attached hydrogen (secondary N) is 2. The van der Waals surface area contributed by atoms with Crippen molar-refractivity contribution >= 4 is 63.8 Å². The van der Waals surface area contributed by atoms with Crippen LogP contribution in [-0.2, 0) is 33.4 Å². The van der Waals surface area contributed by atoms with Gasteiger partial charge in [0, 0.05) is 17.2 Å². The van der Waals surface area contributed by atoms with Gasteiger partial charge in [0.1, 0.15) is 29.4 Å². The number of nitrogen functional groups attached to an aromatic ring is 1. The lowest BCUT2D eigenvalue weighted by atomic mass is 9.98. The maximum absolute atomic E-state index is 13.2. The van der Waals surface area contributed by atoms with Crippen molar-refractivity contribution in [2.45, 2.75) is 52.1 Å². The Hall–Kier alpha value is -4.12.